The fourth-order valence-electron chi connectivity index (χ4n) is 2.31. The number of rotatable bonds is 2. The predicted octanol–water partition coefficient (Wildman–Crippen LogP) is 3.93. The monoisotopic (exact) mass is 318 g/mol. The molecular formula is C15H12BrFN2. The second kappa shape index (κ2) is 4.78. The van der Waals surface area contributed by atoms with E-state index in [0.29, 0.717) is 24.5 Å². The quantitative estimate of drug-likeness (QED) is 0.892. The van der Waals surface area contributed by atoms with E-state index in [9.17, 15) is 4.39 Å². The highest BCUT2D eigenvalue weighted by Gasteiger charge is 2.24. The summed E-state index contributed by atoms with van der Waals surface area (Å²) in [7, 11) is 0. The number of hydrogen-bond acceptors (Lipinski definition) is 1. The van der Waals surface area contributed by atoms with Gasteiger partial charge in [-0.05, 0) is 35.4 Å². The van der Waals surface area contributed by atoms with Crippen molar-refractivity contribution in [1.82, 2.24) is 4.90 Å². The summed E-state index contributed by atoms with van der Waals surface area (Å²) >= 11 is 3.40. The summed E-state index contributed by atoms with van der Waals surface area (Å²) in [5.41, 5.74) is 2.86. The second-order valence-electron chi connectivity index (χ2n) is 4.63. The zero-order chi connectivity index (χ0) is 13.4. The summed E-state index contributed by atoms with van der Waals surface area (Å²) in [6, 6.07) is 12.7. The topological polar surface area (TPSA) is 27.1 Å². The maximum absolute atomic E-state index is 13.2. The molecule has 1 heterocycles. The molecule has 0 unspecified atom stereocenters. The first-order chi connectivity index (χ1) is 9.13. The Kier molecular flexibility index (Phi) is 3.11. The number of amidine groups is 1. The Balaban J connectivity index is 1.82. The molecule has 2 aromatic rings. The molecule has 0 atom stereocenters. The highest BCUT2D eigenvalue weighted by Crippen LogP contribution is 2.25. The first kappa shape index (κ1) is 12.4. The number of fused-ring (bicyclic) bond motifs is 1. The lowest BCUT2D eigenvalue weighted by molar-refractivity contribution is 0.422. The number of halogens is 2. The summed E-state index contributed by atoms with van der Waals surface area (Å²) in [6.07, 6.45) is 0. The van der Waals surface area contributed by atoms with Gasteiger partial charge in [0, 0.05) is 23.1 Å². The van der Waals surface area contributed by atoms with E-state index in [-0.39, 0.29) is 5.82 Å². The third kappa shape index (κ3) is 2.40. The van der Waals surface area contributed by atoms with Gasteiger partial charge in [-0.3, -0.25) is 5.41 Å². The van der Waals surface area contributed by atoms with Crippen molar-refractivity contribution in [1.29, 1.82) is 5.41 Å². The normalized spacial score (nSPS) is 13.8. The largest absolute Gasteiger partial charge is 0.348 e. The molecule has 0 aliphatic carbocycles. The molecule has 0 amide bonds. The highest BCUT2D eigenvalue weighted by atomic mass is 79.9. The Bertz CT molecular complexity index is 637. The van der Waals surface area contributed by atoms with E-state index >= 15 is 0 Å². The van der Waals surface area contributed by atoms with Crippen LogP contribution in [0.15, 0.2) is 46.9 Å². The van der Waals surface area contributed by atoms with Gasteiger partial charge < -0.3 is 4.90 Å². The van der Waals surface area contributed by atoms with Crippen molar-refractivity contribution in [2.24, 2.45) is 0 Å². The molecule has 3 rings (SSSR count). The van der Waals surface area contributed by atoms with Gasteiger partial charge in [-0.1, -0.05) is 34.1 Å². The third-order valence-electron chi connectivity index (χ3n) is 3.29. The minimum atomic E-state index is -0.283. The lowest BCUT2D eigenvalue weighted by Gasteiger charge is -2.17. The van der Waals surface area contributed by atoms with E-state index in [0.717, 1.165) is 15.6 Å². The highest BCUT2D eigenvalue weighted by molar-refractivity contribution is 9.10. The van der Waals surface area contributed by atoms with Crippen molar-refractivity contribution in [2.75, 3.05) is 0 Å². The van der Waals surface area contributed by atoms with Crippen molar-refractivity contribution < 1.29 is 4.39 Å². The molecule has 0 spiro atoms. The first-order valence-corrected chi connectivity index (χ1v) is 6.79. The molecule has 1 aliphatic heterocycles. The maximum Gasteiger partial charge on any atom is 0.129 e. The predicted molar refractivity (Wildman–Crippen MR) is 76.6 cm³/mol. The summed E-state index contributed by atoms with van der Waals surface area (Å²) in [5, 5.41) is 8.13. The van der Waals surface area contributed by atoms with Crippen LogP contribution in [0.3, 0.4) is 0 Å². The summed E-state index contributed by atoms with van der Waals surface area (Å²) in [5.74, 6) is 0.117. The molecule has 2 aromatic carbocycles. The number of benzene rings is 2. The van der Waals surface area contributed by atoms with Crippen LogP contribution >= 0.6 is 15.9 Å². The molecule has 4 heteroatoms. The van der Waals surface area contributed by atoms with E-state index < -0.39 is 0 Å². The minimum Gasteiger partial charge on any atom is -0.348 e. The van der Waals surface area contributed by atoms with Crippen molar-refractivity contribution >= 4 is 21.8 Å². The lowest BCUT2D eigenvalue weighted by atomic mass is 10.1. The van der Waals surface area contributed by atoms with Gasteiger partial charge in [0.15, 0.2) is 0 Å². The Labute approximate surface area is 119 Å². The zero-order valence-corrected chi connectivity index (χ0v) is 11.7. The molecule has 0 bridgehead atoms. The van der Waals surface area contributed by atoms with E-state index in [1.54, 1.807) is 6.07 Å². The molecular weight excluding hydrogens is 307 g/mol. The second-order valence-corrected chi connectivity index (χ2v) is 5.55. The Morgan fingerprint density at radius 2 is 1.89 bits per heavy atom. The van der Waals surface area contributed by atoms with Gasteiger partial charge in [0.25, 0.3) is 0 Å². The molecule has 2 nitrogen and oxygen atoms in total. The van der Waals surface area contributed by atoms with Crippen LogP contribution in [0, 0.1) is 11.2 Å². The van der Waals surface area contributed by atoms with Crippen LogP contribution in [0.2, 0.25) is 0 Å². The molecule has 0 saturated carbocycles. The van der Waals surface area contributed by atoms with Gasteiger partial charge in [0.05, 0.1) is 0 Å². The molecule has 19 heavy (non-hydrogen) atoms. The first-order valence-electron chi connectivity index (χ1n) is 6.00. The average molecular weight is 319 g/mol. The Morgan fingerprint density at radius 1 is 1.16 bits per heavy atom. The fourth-order valence-corrected chi connectivity index (χ4v) is 2.57. The van der Waals surface area contributed by atoms with Crippen LogP contribution in [-0.2, 0) is 13.1 Å². The standard InChI is InChI=1S/C15H12BrFN2/c16-12-4-1-10(2-5-12)8-19-9-11-3-6-13(17)7-14(11)15(19)18/h1-7,18H,8-9H2. The number of nitrogens with one attached hydrogen (secondary N) is 1. The van der Waals surface area contributed by atoms with Crippen molar-refractivity contribution in [3.05, 3.63) is 69.4 Å². The van der Waals surface area contributed by atoms with Gasteiger partial charge in [-0.15, -0.1) is 0 Å². The van der Waals surface area contributed by atoms with Crippen LogP contribution in [-0.4, -0.2) is 10.7 Å². The molecule has 1 N–H and O–H groups in total. The summed E-state index contributed by atoms with van der Waals surface area (Å²) in [4.78, 5) is 1.95. The SMILES string of the molecule is N=C1c2cc(F)ccc2CN1Cc1ccc(Br)cc1. The summed E-state index contributed by atoms with van der Waals surface area (Å²) < 4.78 is 14.3. The summed E-state index contributed by atoms with van der Waals surface area (Å²) in [6.45, 7) is 1.34. The molecule has 96 valence electrons. The van der Waals surface area contributed by atoms with Crippen LogP contribution in [0.5, 0.6) is 0 Å². The smallest absolute Gasteiger partial charge is 0.129 e. The van der Waals surface area contributed by atoms with Gasteiger partial charge in [-0.25, -0.2) is 4.39 Å². The van der Waals surface area contributed by atoms with E-state index in [4.69, 9.17) is 5.41 Å². The van der Waals surface area contributed by atoms with Crippen LogP contribution in [0.1, 0.15) is 16.7 Å². The van der Waals surface area contributed by atoms with E-state index in [1.807, 2.05) is 29.2 Å². The van der Waals surface area contributed by atoms with Gasteiger partial charge in [-0.2, -0.15) is 0 Å². The van der Waals surface area contributed by atoms with Crippen molar-refractivity contribution in [2.45, 2.75) is 13.1 Å². The maximum atomic E-state index is 13.2. The van der Waals surface area contributed by atoms with Crippen LogP contribution < -0.4 is 0 Å². The van der Waals surface area contributed by atoms with Crippen LogP contribution in [0.4, 0.5) is 4.39 Å². The van der Waals surface area contributed by atoms with E-state index in [1.165, 1.54) is 12.1 Å². The van der Waals surface area contributed by atoms with Crippen molar-refractivity contribution in [3.63, 3.8) is 0 Å². The van der Waals surface area contributed by atoms with E-state index in [2.05, 4.69) is 15.9 Å². The lowest BCUT2D eigenvalue weighted by Crippen LogP contribution is -2.23. The molecule has 0 saturated heterocycles. The molecule has 0 aromatic heterocycles. The van der Waals surface area contributed by atoms with Crippen LogP contribution in [0.25, 0.3) is 0 Å². The van der Waals surface area contributed by atoms with Gasteiger partial charge in [0.1, 0.15) is 11.7 Å². The molecule has 1 aliphatic rings. The number of hydrogen-bond donors (Lipinski definition) is 1. The molecule has 0 fully saturated rings. The minimum absolute atomic E-state index is 0.283. The van der Waals surface area contributed by atoms with Gasteiger partial charge >= 0.3 is 0 Å². The fraction of sp³-hybridized carbons (Fsp3) is 0.133. The Hall–Kier alpha value is -1.68. The zero-order valence-electron chi connectivity index (χ0n) is 10.2. The third-order valence-corrected chi connectivity index (χ3v) is 3.82. The van der Waals surface area contributed by atoms with Gasteiger partial charge in [0.2, 0.25) is 0 Å². The van der Waals surface area contributed by atoms with Crippen molar-refractivity contribution in [3.8, 4) is 0 Å². The number of nitrogens with zero attached hydrogens (tertiary/aromatic N) is 1. The Morgan fingerprint density at radius 3 is 2.63 bits per heavy atom. The molecule has 0 radical (unpaired) electrons. The average Bonchev–Trinajstić information content (AvgIpc) is 2.70.